The average molecular weight is 293 g/mol. The van der Waals surface area contributed by atoms with Crippen LogP contribution >= 0.6 is 11.6 Å². The summed E-state index contributed by atoms with van der Waals surface area (Å²) < 4.78 is 0. The molecule has 0 spiro atoms. The van der Waals surface area contributed by atoms with Crippen LogP contribution in [-0.4, -0.2) is 24.4 Å². The Kier molecular flexibility index (Phi) is 3.66. The van der Waals surface area contributed by atoms with E-state index < -0.39 is 0 Å². The van der Waals surface area contributed by atoms with Crippen LogP contribution in [0.1, 0.15) is 30.7 Å². The van der Waals surface area contributed by atoms with E-state index in [-0.39, 0.29) is 23.8 Å². The van der Waals surface area contributed by atoms with Crippen LogP contribution in [0.15, 0.2) is 24.3 Å². The molecule has 2 aliphatic rings. The van der Waals surface area contributed by atoms with Crippen molar-refractivity contribution in [2.75, 3.05) is 6.54 Å². The quantitative estimate of drug-likeness (QED) is 0.893. The Labute approximate surface area is 122 Å². The van der Waals surface area contributed by atoms with Gasteiger partial charge in [0.15, 0.2) is 0 Å². The Morgan fingerprint density at radius 3 is 2.70 bits per heavy atom. The third-order valence-electron chi connectivity index (χ3n) is 4.04. The van der Waals surface area contributed by atoms with E-state index in [1.165, 1.54) is 5.56 Å². The van der Waals surface area contributed by atoms with Crippen LogP contribution in [0.5, 0.6) is 0 Å². The first-order chi connectivity index (χ1) is 9.63. The maximum Gasteiger partial charge on any atom is 0.224 e. The number of carbonyl (C=O) groups excluding carboxylic acids is 2. The molecule has 3 unspecified atom stereocenters. The minimum absolute atomic E-state index is 0.0637. The molecule has 3 atom stereocenters. The van der Waals surface area contributed by atoms with Crippen molar-refractivity contribution in [2.24, 2.45) is 5.92 Å². The van der Waals surface area contributed by atoms with Crippen molar-refractivity contribution in [2.45, 2.75) is 31.2 Å². The minimum atomic E-state index is 0.0637. The molecule has 1 aliphatic heterocycles. The molecule has 106 valence electrons. The summed E-state index contributed by atoms with van der Waals surface area (Å²) in [5.74, 6) is 0.548. The van der Waals surface area contributed by atoms with Crippen LogP contribution in [0.3, 0.4) is 0 Å². The molecule has 1 heterocycles. The second-order valence-electron chi connectivity index (χ2n) is 5.55. The summed E-state index contributed by atoms with van der Waals surface area (Å²) in [6, 6.07) is 7.77. The number of halogens is 1. The number of amides is 2. The lowest BCUT2D eigenvalue weighted by Gasteiger charge is -2.23. The van der Waals surface area contributed by atoms with Gasteiger partial charge in [-0.1, -0.05) is 23.7 Å². The molecule has 20 heavy (non-hydrogen) atoms. The van der Waals surface area contributed by atoms with Gasteiger partial charge in [-0.2, -0.15) is 0 Å². The molecule has 0 aromatic heterocycles. The van der Waals surface area contributed by atoms with Crippen LogP contribution < -0.4 is 10.6 Å². The zero-order valence-electron chi connectivity index (χ0n) is 11.1. The van der Waals surface area contributed by atoms with Crippen LogP contribution in [0.4, 0.5) is 0 Å². The van der Waals surface area contributed by atoms with Crippen molar-refractivity contribution in [3.63, 3.8) is 0 Å². The number of hydrogen-bond donors (Lipinski definition) is 2. The molecule has 1 saturated carbocycles. The van der Waals surface area contributed by atoms with E-state index in [0.717, 1.165) is 12.8 Å². The zero-order chi connectivity index (χ0) is 14.1. The highest BCUT2D eigenvalue weighted by atomic mass is 35.5. The van der Waals surface area contributed by atoms with E-state index in [9.17, 15) is 9.59 Å². The number of rotatable bonds is 3. The van der Waals surface area contributed by atoms with Gasteiger partial charge in [-0.05, 0) is 36.5 Å². The monoisotopic (exact) mass is 292 g/mol. The van der Waals surface area contributed by atoms with E-state index in [1.54, 1.807) is 0 Å². The predicted octanol–water partition coefficient (Wildman–Crippen LogP) is 1.84. The Morgan fingerprint density at radius 1 is 1.30 bits per heavy atom. The first-order valence-corrected chi connectivity index (χ1v) is 7.34. The smallest absolute Gasteiger partial charge is 0.224 e. The minimum Gasteiger partial charge on any atom is -0.354 e. The molecule has 1 aromatic rings. The van der Waals surface area contributed by atoms with Gasteiger partial charge < -0.3 is 10.6 Å². The van der Waals surface area contributed by atoms with E-state index in [0.29, 0.717) is 23.9 Å². The molecule has 2 fully saturated rings. The molecule has 0 radical (unpaired) electrons. The van der Waals surface area contributed by atoms with Gasteiger partial charge >= 0.3 is 0 Å². The number of carbonyl (C=O) groups is 2. The number of hydrogen-bond acceptors (Lipinski definition) is 2. The summed E-state index contributed by atoms with van der Waals surface area (Å²) in [5.41, 5.74) is 1.17. The van der Waals surface area contributed by atoms with E-state index in [2.05, 4.69) is 10.6 Å². The maximum absolute atomic E-state index is 12.2. The molecule has 2 amide bonds. The van der Waals surface area contributed by atoms with Gasteiger partial charge in [-0.25, -0.2) is 0 Å². The zero-order valence-corrected chi connectivity index (χ0v) is 11.8. The van der Waals surface area contributed by atoms with Crippen molar-refractivity contribution in [1.29, 1.82) is 0 Å². The van der Waals surface area contributed by atoms with Crippen LogP contribution in [0, 0.1) is 5.92 Å². The average Bonchev–Trinajstić information content (AvgIpc) is 3.23. The number of benzene rings is 1. The van der Waals surface area contributed by atoms with Crippen molar-refractivity contribution in [3.8, 4) is 0 Å². The lowest BCUT2D eigenvalue weighted by Crippen LogP contribution is -2.48. The highest BCUT2D eigenvalue weighted by Crippen LogP contribution is 2.47. The molecular weight excluding hydrogens is 276 g/mol. The fraction of sp³-hybridized carbons (Fsp3) is 0.467. The third-order valence-corrected chi connectivity index (χ3v) is 4.29. The van der Waals surface area contributed by atoms with Gasteiger partial charge in [0.2, 0.25) is 11.8 Å². The molecule has 3 rings (SSSR count). The summed E-state index contributed by atoms with van der Waals surface area (Å²) in [6.07, 6.45) is 2.12. The first kappa shape index (κ1) is 13.4. The normalized spacial score (nSPS) is 28.6. The van der Waals surface area contributed by atoms with Gasteiger partial charge in [0.1, 0.15) is 0 Å². The van der Waals surface area contributed by atoms with Gasteiger partial charge in [-0.3, -0.25) is 9.59 Å². The highest BCUT2D eigenvalue weighted by molar-refractivity contribution is 6.30. The van der Waals surface area contributed by atoms with Crippen molar-refractivity contribution in [1.82, 2.24) is 10.6 Å². The molecule has 2 N–H and O–H groups in total. The Morgan fingerprint density at radius 2 is 2.05 bits per heavy atom. The maximum atomic E-state index is 12.2. The van der Waals surface area contributed by atoms with Crippen molar-refractivity contribution in [3.05, 3.63) is 34.9 Å². The SMILES string of the molecule is O=C1CCC(NC(=O)C2CC2c2ccc(Cl)cc2)CN1. The van der Waals surface area contributed by atoms with Gasteiger partial charge in [0.25, 0.3) is 0 Å². The Hall–Kier alpha value is -1.55. The lowest BCUT2D eigenvalue weighted by atomic mass is 10.1. The summed E-state index contributed by atoms with van der Waals surface area (Å²) in [4.78, 5) is 23.2. The van der Waals surface area contributed by atoms with E-state index in [1.807, 2.05) is 24.3 Å². The van der Waals surface area contributed by atoms with Crippen molar-refractivity contribution < 1.29 is 9.59 Å². The summed E-state index contributed by atoms with van der Waals surface area (Å²) in [7, 11) is 0. The second kappa shape index (κ2) is 5.44. The van der Waals surface area contributed by atoms with E-state index >= 15 is 0 Å². The molecule has 0 bridgehead atoms. The Bertz CT molecular complexity index is 519. The fourth-order valence-corrected chi connectivity index (χ4v) is 2.85. The largest absolute Gasteiger partial charge is 0.354 e. The molecule has 1 aliphatic carbocycles. The standard InChI is InChI=1S/C15H17ClN2O2/c16-10-3-1-9(2-4-10)12-7-13(12)15(20)18-11-5-6-14(19)17-8-11/h1-4,11-13H,5-8H2,(H,17,19)(H,18,20). The number of piperidine rings is 1. The third kappa shape index (κ3) is 2.96. The Balaban J connectivity index is 1.52. The predicted molar refractivity (Wildman–Crippen MR) is 76.5 cm³/mol. The van der Waals surface area contributed by atoms with E-state index in [4.69, 9.17) is 11.6 Å². The van der Waals surface area contributed by atoms with Crippen LogP contribution in [0.25, 0.3) is 0 Å². The molecular formula is C15H17ClN2O2. The molecule has 1 saturated heterocycles. The molecule has 5 heteroatoms. The lowest BCUT2D eigenvalue weighted by molar-refractivity contribution is -0.126. The van der Waals surface area contributed by atoms with Gasteiger partial charge in [0.05, 0.1) is 0 Å². The first-order valence-electron chi connectivity index (χ1n) is 6.96. The topological polar surface area (TPSA) is 58.2 Å². The van der Waals surface area contributed by atoms with Gasteiger partial charge in [0, 0.05) is 29.9 Å². The highest BCUT2D eigenvalue weighted by Gasteiger charge is 2.44. The summed E-state index contributed by atoms with van der Waals surface area (Å²) in [5, 5.41) is 6.53. The summed E-state index contributed by atoms with van der Waals surface area (Å²) >= 11 is 5.86. The fourth-order valence-electron chi connectivity index (χ4n) is 2.73. The van der Waals surface area contributed by atoms with Crippen LogP contribution in [-0.2, 0) is 9.59 Å². The number of nitrogens with one attached hydrogen (secondary N) is 2. The van der Waals surface area contributed by atoms with Crippen LogP contribution in [0.2, 0.25) is 5.02 Å². The summed E-state index contributed by atoms with van der Waals surface area (Å²) in [6.45, 7) is 0.545. The van der Waals surface area contributed by atoms with Gasteiger partial charge in [-0.15, -0.1) is 0 Å². The molecule has 4 nitrogen and oxygen atoms in total. The second-order valence-corrected chi connectivity index (χ2v) is 5.98. The van der Waals surface area contributed by atoms with Crippen molar-refractivity contribution >= 4 is 23.4 Å². The molecule has 1 aromatic carbocycles.